The van der Waals surface area contributed by atoms with Crippen LogP contribution in [0, 0.1) is 0 Å². The zero-order chi connectivity index (χ0) is 10.9. The van der Waals surface area contributed by atoms with Gasteiger partial charge in [-0.25, -0.2) is 0 Å². The Morgan fingerprint density at radius 3 is 3.07 bits per heavy atom. The van der Waals surface area contributed by atoms with E-state index >= 15 is 0 Å². The average molecular weight is 210 g/mol. The van der Waals surface area contributed by atoms with Gasteiger partial charge in [0, 0.05) is 17.5 Å². The van der Waals surface area contributed by atoms with Gasteiger partial charge in [-0.05, 0) is 44.3 Å². The Kier molecular flexibility index (Phi) is 6.21. The number of azide groups is 1. The second-order valence-corrected chi connectivity index (χ2v) is 4.28. The molecule has 1 aliphatic heterocycles. The van der Waals surface area contributed by atoms with Gasteiger partial charge in [-0.1, -0.05) is 24.9 Å². The predicted octanol–water partition coefficient (Wildman–Crippen LogP) is 3.34. The fourth-order valence-electron chi connectivity index (χ4n) is 2.40. The first-order valence-corrected chi connectivity index (χ1v) is 6.13. The van der Waals surface area contributed by atoms with Crippen LogP contribution in [0.1, 0.15) is 45.4 Å². The monoisotopic (exact) mass is 210 g/mol. The van der Waals surface area contributed by atoms with Gasteiger partial charge >= 0.3 is 0 Å². The van der Waals surface area contributed by atoms with Crippen LogP contribution in [0.3, 0.4) is 0 Å². The molecule has 15 heavy (non-hydrogen) atoms. The van der Waals surface area contributed by atoms with Crippen molar-refractivity contribution in [1.82, 2.24) is 4.90 Å². The number of likely N-dealkylation sites (tertiary alicyclic amines) is 1. The highest BCUT2D eigenvalue weighted by Gasteiger charge is 2.20. The first kappa shape index (κ1) is 12.3. The predicted molar refractivity (Wildman–Crippen MR) is 62.8 cm³/mol. The summed E-state index contributed by atoms with van der Waals surface area (Å²) in [6, 6.07) is 0.787. The van der Waals surface area contributed by atoms with Crippen molar-refractivity contribution in [2.75, 3.05) is 19.6 Å². The van der Waals surface area contributed by atoms with Crippen molar-refractivity contribution in [3.8, 4) is 0 Å². The van der Waals surface area contributed by atoms with Gasteiger partial charge in [0.25, 0.3) is 0 Å². The molecule has 0 aliphatic carbocycles. The molecule has 1 atom stereocenters. The highest BCUT2D eigenvalue weighted by molar-refractivity contribution is 4.76. The van der Waals surface area contributed by atoms with E-state index in [9.17, 15) is 0 Å². The number of piperidine rings is 1. The molecule has 1 unspecified atom stereocenters. The SMILES string of the molecule is CCCC1CCCCN1CCCN=[N+]=[N-]. The Morgan fingerprint density at radius 1 is 1.47 bits per heavy atom. The molecule has 0 aromatic carbocycles. The van der Waals surface area contributed by atoms with Crippen molar-refractivity contribution in [3.63, 3.8) is 0 Å². The summed E-state index contributed by atoms with van der Waals surface area (Å²) in [4.78, 5) is 5.36. The number of rotatable bonds is 6. The van der Waals surface area contributed by atoms with Crippen LogP contribution in [0.5, 0.6) is 0 Å². The van der Waals surface area contributed by atoms with Crippen LogP contribution in [0.2, 0.25) is 0 Å². The van der Waals surface area contributed by atoms with Gasteiger partial charge in [0.2, 0.25) is 0 Å². The van der Waals surface area contributed by atoms with Crippen LogP contribution >= 0.6 is 0 Å². The van der Waals surface area contributed by atoms with E-state index in [1.165, 1.54) is 38.6 Å². The van der Waals surface area contributed by atoms with Gasteiger partial charge in [-0.3, -0.25) is 0 Å². The van der Waals surface area contributed by atoms with Gasteiger partial charge in [-0.2, -0.15) is 0 Å². The Labute approximate surface area is 92.3 Å². The van der Waals surface area contributed by atoms with Gasteiger partial charge in [0.05, 0.1) is 0 Å². The molecule has 0 spiro atoms. The van der Waals surface area contributed by atoms with Crippen molar-refractivity contribution >= 4 is 0 Å². The third kappa shape index (κ3) is 4.54. The lowest BCUT2D eigenvalue weighted by atomic mass is 9.98. The molecule has 0 amide bonds. The van der Waals surface area contributed by atoms with Gasteiger partial charge in [0.15, 0.2) is 0 Å². The second-order valence-electron chi connectivity index (χ2n) is 4.28. The molecule has 1 aliphatic rings. The second kappa shape index (κ2) is 7.55. The summed E-state index contributed by atoms with van der Waals surface area (Å²) in [6.07, 6.45) is 7.68. The molecule has 1 fully saturated rings. The molecular formula is C11H22N4. The Hall–Kier alpha value is -0.730. The largest absolute Gasteiger partial charge is 0.300 e. The fourth-order valence-corrected chi connectivity index (χ4v) is 2.40. The molecule has 86 valence electrons. The van der Waals surface area contributed by atoms with Gasteiger partial charge in [0.1, 0.15) is 0 Å². The summed E-state index contributed by atoms with van der Waals surface area (Å²) in [5.41, 5.74) is 8.18. The van der Waals surface area contributed by atoms with Crippen LogP contribution in [0.4, 0.5) is 0 Å². The van der Waals surface area contributed by atoms with Crippen molar-refractivity contribution < 1.29 is 0 Å². The Morgan fingerprint density at radius 2 is 2.33 bits per heavy atom. The van der Waals surface area contributed by atoms with E-state index in [1.54, 1.807) is 0 Å². The highest BCUT2D eigenvalue weighted by Crippen LogP contribution is 2.20. The standard InChI is InChI=1S/C11H22N4/c1-2-6-11-7-3-4-9-15(11)10-5-8-13-14-12/h11H,2-10H2,1H3. The van der Waals surface area contributed by atoms with Crippen LogP contribution < -0.4 is 0 Å². The van der Waals surface area contributed by atoms with Crippen molar-refractivity contribution in [2.45, 2.75) is 51.5 Å². The maximum atomic E-state index is 8.18. The van der Waals surface area contributed by atoms with Crippen molar-refractivity contribution in [2.24, 2.45) is 5.11 Å². The molecule has 4 nitrogen and oxygen atoms in total. The van der Waals surface area contributed by atoms with E-state index in [0.717, 1.165) is 19.0 Å². The van der Waals surface area contributed by atoms with Gasteiger partial charge in [-0.15, -0.1) is 0 Å². The van der Waals surface area contributed by atoms with Crippen molar-refractivity contribution in [1.29, 1.82) is 0 Å². The van der Waals surface area contributed by atoms with E-state index in [4.69, 9.17) is 5.53 Å². The van der Waals surface area contributed by atoms with Crippen molar-refractivity contribution in [3.05, 3.63) is 10.4 Å². The lowest BCUT2D eigenvalue weighted by Gasteiger charge is -2.35. The van der Waals surface area contributed by atoms with Crippen LogP contribution in [0.25, 0.3) is 10.4 Å². The summed E-state index contributed by atoms with van der Waals surface area (Å²) in [6.45, 7) is 5.24. The zero-order valence-electron chi connectivity index (χ0n) is 9.73. The molecule has 0 N–H and O–H groups in total. The minimum absolute atomic E-state index is 0.645. The number of hydrogen-bond donors (Lipinski definition) is 0. The lowest BCUT2D eigenvalue weighted by molar-refractivity contribution is 0.139. The Balaban J connectivity index is 2.25. The third-order valence-corrected chi connectivity index (χ3v) is 3.14. The number of nitrogens with zero attached hydrogens (tertiary/aromatic N) is 4. The van der Waals surface area contributed by atoms with E-state index < -0.39 is 0 Å². The molecule has 0 aromatic rings. The minimum atomic E-state index is 0.645. The molecular weight excluding hydrogens is 188 g/mol. The van der Waals surface area contributed by atoms with E-state index in [0.29, 0.717) is 6.54 Å². The maximum Gasteiger partial charge on any atom is 0.0270 e. The quantitative estimate of drug-likeness (QED) is 0.287. The van der Waals surface area contributed by atoms with E-state index in [2.05, 4.69) is 21.8 Å². The van der Waals surface area contributed by atoms with Gasteiger partial charge < -0.3 is 4.90 Å². The smallest absolute Gasteiger partial charge is 0.0270 e. The topological polar surface area (TPSA) is 52.0 Å². The first-order valence-electron chi connectivity index (χ1n) is 6.13. The number of hydrogen-bond acceptors (Lipinski definition) is 2. The summed E-state index contributed by atoms with van der Waals surface area (Å²) >= 11 is 0. The van der Waals surface area contributed by atoms with E-state index in [1.807, 2.05) is 0 Å². The summed E-state index contributed by atoms with van der Waals surface area (Å²) in [7, 11) is 0. The molecule has 1 saturated heterocycles. The molecule has 4 heteroatoms. The van der Waals surface area contributed by atoms with Crippen LogP contribution in [0.15, 0.2) is 5.11 Å². The van der Waals surface area contributed by atoms with Crippen LogP contribution in [-0.4, -0.2) is 30.6 Å². The summed E-state index contributed by atoms with van der Waals surface area (Å²) in [5.74, 6) is 0. The molecule has 1 heterocycles. The third-order valence-electron chi connectivity index (χ3n) is 3.14. The molecule has 0 bridgehead atoms. The lowest BCUT2D eigenvalue weighted by Crippen LogP contribution is -2.40. The maximum absolute atomic E-state index is 8.18. The Bertz CT molecular complexity index is 209. The zero-order valence-corrected chi connectivity index (χ0v) is 9.73. The minimum Gasteiger partial charge on any atom is -0.300 e. The molecule has 0 radical (unpaired) electrons. The molecule has 0 saturated carbocycles. The molecule has 0 aromatic heterocycles. The first-order chi connectivity index (χ1) is 7.38. The fraction of sp³-hybridized carbons (Fsp3) is 1.00. The summed E-state index contributed by atoms with van der Waals surface area (Å²) < 4.78 is 0. The normalized spacial score (nSPS) is 22.3. The molecule has 1 rings (SSSR count). The highest BCUT2D eigenvalue weighted by atomic mass is 15.2. The van der Waals surface area contributed by atoms with Crippen LogP contribution in [-0.2, 0) is 0 Å². The summed E-state index contributed by atoms with van der Waals surface area (Å²) in [5, 5.41) is 3.58. The van der Waals surface area contributed by atoms with E-state index in [-0.39, 0.29) is 0 Å². The average Bonchev–Trinajstić information content (AvgIpc) is 2.27.